The Balaban J connectivity index is 1.70. The Labute approximate surface area is 189 Å². The summed E-state index contributed by atoms with van der Waals surface area (Å²) >= 11 is 5.88. The third kappa shape index (κ3) is 4.45. The van der Waals surface area contributed by atoms with Gasteiger partial charge in [-0.2, -0.15) is 9.78 Å². The molecule has 160 valence electrons. The van der Waals surface area contributed by atoms with Crippen molar-refractivity contribution in [2.75, 3.05) is 0 Å². The fraction of sp³-hybridized carbons (Fsp3) is 0.120. The molecule has 1 heterocycles. The summed E-state index contributed by atoms with van der Waals surface area (Å²) in [4.78, 5) is 30.2. The van der Waals surface area contributed by atoms with Gasteiger partial charge in [-0.3, -0.25) is 4.79 Å². The molecule has 7 heteroatoms. The van der Waals surface area contributed by atoms with Crippen molar-refractivity contribution in [3.63, 3.8) is 0 Å². The summed E-state index contributed by atoms with van der Waals surface area (Å²) in [6.45, 7) is 3.90. The molecular formula is C25H20ClN3O3. The molecule has 32 heavy (non-hydrogen) atoms. The van der Waals surface area contributed by atoms with E-state index in [1.165, 1.54) is 10.9 Å². The average Bonchev–Trinajstić information content (AvgIpc) is 2.79. The Morgan fingerprint density at radius 2 is 1.72 bits per heavy atom. The highest BCUT2D eigenvalue weighted by Gasteiger charge is 2.14. The van der Waals surface area contributed by atoms with E-state index in [1.807, 2.05) is 26.0 Å². The SMILES string of the molecule is CC(C)c1nc2ccccc2c(=O)n1N=Cc1ccccc1OC(=O)c1ccc(Cl)cc1. The predicted octanol–water partition coefficient (Wildman–Crippen LogP) is 5.27. The highest BCUT2D eigenvalue weighted by molar-refractivity contribution is 6.30. The number of carbonyl (C=O) groups excluding carboxylic acids is 1. The normalized spacial score (nSPS) is 11.4. The number of carbonyl (C=O) groups is 1. The molecule has 4 aromatic rings. The number of benzene rings is 3. The molecule has 3 aromatic carbocycles. The van der Waals surface area contributed by atoms with Crippen LogP contribution in [0.15, 0.2) is 82.7 Å². The number of para-hydroxylation sites is 2. The largest absolute Gasteiger partial charge is 0.422 e. The van der Waals surface area contributed by atoms with Crippen LogP contribution in [0.1, 0.15) is 41.5 Å². The summed E-state index contributed by atoms with van der Waals surface area (Å²) in [5, 5.41) is 5.42. The van der Waals surface area contributed by atoms with E-state index in [0.717, 1.165) is 0 Å². The summed E-state index contributed by atoms with van der Waals surface area (Å²) in [7, 11) is 0. The van der Waals surface area contributed by atoms with Gasteiger partial charge in [0.2, 0.25) is 0 Å². The van der Waals surface area contributed by atoms with Crippen molar-refractivity contribution in [1.82, 2.24) is 9.66 Å². The minimum atomic E-state index is -0.519. The van der Waals surface area contributed by atoms with Gasteiger partial charge in [0.05, 0.1) is 22.7 Å². The second-order valence-electron chi connectivity index (χ2n) is 7.44. The minimum Gasteiger partial charge on any atom is -0.422 e. The van der Waals surface area contributed by atoms with Gasteiger partial charge in [0.15, 0.2) is 0 Å². The van der Waals surface area contributed by atoms with Crippen LogP contribution in [-0.2, 0) is 0 Å². The van der Waals surface area contributed by atoms with Crippen molar-refractivity contribution < 1.29 is 9.53 Å². The van der Waals surface area contributed by atoms with Crippen LogP contribution in [0, 0.1) is 0 Å². The molecule has 1 aromatic heterocycles. The molecule has 0 unspecified atom stereocenters. The number of esters is 1. The van der Waals surface area contributed by atoms with E-state index in [-0.39, 0.29) is 11.5 Å². The van der Waals surface area contributed by atoms with Gasteiger partial charge in [-0.05, 0) is 48.5 Å². The Hall–Kier alpha value is -3.77. The fourth-order valence-corrected chi connectivity index (χ4v) is 3.30. The minimum absolute atomic E-state index is 0.0255. The van der Waals surface area contributed by atoms with Gasteiger partial charge in [-0.25, -0.2) is 9.78 Å². The van der Waals surface area contributed by atoms with E-state index in [2.05, 4.69) is 10.1 Å². The molecule has 0 bridgehead atoms. The van der Waals surface area contributed by atoms with Crippen molar-refractivity contribution >= 4 is 34.7 Å². The first kappa shape index (κ1) is 21.5. The number of hydrogen-bond donors (Lipinski definition) is 0. The fourth-order valence-electron chi connectivity index (χ4n) is 3.17. The molecule has 0 fully saturated rings. The van der Waals surface area contributed by atoms with Crippen molar-refractivity contribution in [3.05, 3.63) is 105 Å². The number of fused-ring (bicyclic) bond motifs is 1. The van der Waals surface area contributed by atoms with E-state index in [9.17, 15) is 9.59 Å². The van der Waals surface area contributed by atoms with E-state index < -0.39 is 5.97 Å². The van der Waals surface area contributed by atoms with E-state index in [4.69, 9.17) is 16.3 Å². The maximum Gasteiger partial charge on any atom is 0.343 e. The first-order valence-electron chi connectivity index (χ1n) is 10.1. The molecule has 0 spiro atoms. The molecule has 0 aliphatic heterocycles. The molecule has 0 atom stereocenters. The molecule has 6 nitrogen and oxygen atoms in total. The second kappa shape index (κ2) is 9.16. The monoisotopic (exact) mass is 445 g/mol. The number of ether oxygens (including phenoxy) is 1. The molecule has 0 amide bonds. The zero-order valence-corrected chi connectivity index (χ0v) is 18.3. The second-order valence-corrected chi connectivity index (χ2v) is 7.87. The third-order valence-electron chi connectivity index (χ3n) is 4.81. The highest BCUT2D eigenvalue weighted by Crippen LogP contribution is 2.20. The Morgan fingerprint density at radius 1 is 1.03 bits per heavy atom. The van der Waals surface area contributed by atoms with Gasteiger partial charge in [0.1, 0.15) is 11.6 Å². The van der Waals surface area contributed by atoms with Crippen molar-refractivity contribution in [2.45, 2.75) is 19.8 Å². The number of nitrogens with zero attached hydrogens (tertiary/aromatic N) is 3. The molecule has 4 rings (SSSR count). The zero-order valence-electron chi connectivity index (χ0n) is 17.5. The van der Waals surface area contributed by atoms with Crippen molar-refractivity contribution in [2.24, 2.45) is 5.10 Å². The smallest absolute Gasteiger partial charge is 0.343 e. The van der Waals surface area contributed by atoms with E-state index >= 15 is 0 Å². The zero-order chi connectivity index (χ0) is 22.7. The lowest BCUT2D eigenvalue weighted by Gasteiger charge is -2.12. The molecule has 0 N–H and O–H groups in total. The van der Waals surface area contributed by atoms with Gasteiger partial charge < -0.3 is 4.74 Å². The number of hydrogen-bond acceptors (Lipinski definition) is 5. The molecule has 0 aliphatic rings. The maximum absolute atomic E-state index is 13.1. The summed E-state index contributed by atoms with van der Waals surface area (Å²) in [6.07, 6.45) is 1.49. The van der Waals surface area contributed by atoms with Gasteiger partial charge >= 0.3 is 5.97 Å². The lowest BCUT2D eigenvalue weighted by atomic mass is 10.2. The first-order valence-corrected chi connectivity index (χ1v) is 10.4. The lowest BCUT2D eigenvalue weighted by Crippen LogP contribution is -2.23. The van der Waals surface area contributed by atoms with Crippen LogP contribution in [0.4, 0.5) is 0 Å². The Kier molecular flexibility index (Phi) is 6.14. The third-order valence-corrected chi connectivity index (χ3v) is 5.06. The van der Waals surface area contributed by atoms with E-state index in [1.54, 1.807) is 60.7 Å². The molecule has 0 radical (unpaired) electrons. The van der Waals surface area contributed by atoms with Crippen LogP contribution in [-0.4, -0.2) is 21.8 Å². The van der Waals surface area contributed by atoms with Crippen LogP contribution in [0.5, 0.6) is 5.75 Å². The molecular weight excluding hydrogens is 426 g/mol. The van der Waals surface area contributed by atoms with Gasteiger partial charge in [-0.1, -0.05) is 49.7 Å². The summed E-state index contributed by atoms with van der Waals surface area (Å²) in [5.74, 6) is 0.321. The Morgan fingerprint density at radius 3 is 2.47 bits per heavy atom. The maximum atomic E-state index is 13.1. The van der Waals surface area contributed by atoms with Crippen LogP contribution in [0.25, 0.3) is 10.9 Å². The topological polar surface area (TPSA) is 73.6 Å². The molecule has 0 saturated carbocycles. The van der Waals surface area contributed by atoms with E-state index in [0.29, 0.717) is 38.6 Å². The number of aromatic nitrogens is 2. The van der Waals surface area contributed by atoms with Crippen LogP contribution in [0.2, 0.25) is 5.02 Å². The van der Waals surface area contributed by atoms with Gasteiger partial charge in [-0.15, -0.1) is 0 Å². The standard InChI is InChI=1S/C25H20ClN3O3/c1-16(2)23-28-21-9-5-4-8-20(21)24(30)29(23)27-15-18-7-3-6-10-22(18)32-25(31)17-11-13-19(26)14-12-17/h3-16H,1-2H3. The average molecular weight is 446 g/mol. The summed E-state index contributed by atoms with van der Waals surface area (Å²) < 4.78 is 6.86. The quantitative estimate of drug-likeness (QED) is 0.238. The van der Waals surface area contributed by atoms with Crippen molar-refractivity contribution in [3.8, 4) is 5.75 Å². The lowest BCUT2D eigenvalue weighted by molar-refractivity contribution is 0.0734. The first-order chi connectivity index (χ1) is 15.4. The Bertz CT molecular complexity index is 1380. The van der Waals surface area contributed by atoms with Gasteiger partial charge in [0, 0.05) is 16.5 Å². The number of rotatable bonds is 5. The summed E-state index contributed by atoms with van der Waals surface area (Å²) in [5.41, 5.74) is 1.29. The number of halogens is 1. The summed E-state index contributed by atoms with van der Waals surface area (Å²) in [6, 6.07) is 20.6. The predicted molar refractivity (Wildman–Crippen MR) is 126 cm³/mol. The van der Waals surface area contributed by atoms with Crippen LogP contribution in [0.3, 0.4) is 0 Å². The van der Waals surface area contributed by atoms with Gasteiger partial charge in [0.25, 0.3) is 5.56 Å². The van der Waals surface area contributed by atoms with Crippen molar-refractivity contribution in [1.29, 1.82) is 0 Å². The molecule has 0 aliphatic carbocycles. The molecule has 0 saturated heterocycles. The van der Waals surface area contributed by atoms with Crippen LogP contribution < -0.4 is 10.3 Å². The van der Waals surface area contributed by atoms with Crippen LogP contribution >= 0.6 is 11.6 Å². The highest BCUT2D eigenvalue weighted by atomic mass is 35.5.